The largest absolute Gasteiger partial charge is 0.315 e. The summed E-state index contributed by atoms with van der Waals surface area (Å²) in [6.45, 7) is 0. The topological polar surface area (TPSA) is 44.1 Å². The number of carbonyl (C=O) groups excluding carboxylic acids is 1. The minimum Gasteiger partial charge on any atom is -0.315 e. The van der Waals surface area contributed by atoms with Crippen LogP contribution < -0.4 is 4.90 Å². The summed E-state index contributed by atoms with van der Waals surface area (Å²) in [4.78, 5) is 13.0. The van der Waals surface area contributed by atoms with Crippen LogP contribution >= 0.6 is 0 Å². The monoisotopic (exact) mass is 186 g/mol. The molecule has 0 atom stereocenters. The Balaban J connectivity index is 2.52. The predicted octanol–water partition coefficient (Wildman–Crippen LogP) is 1.47. The molecule has 1 aliphatic heterocycles. The maximum absolute atomic E-state index is 11.4. The van der Waals surface area contributed by atoms with Crippen LogP contribution in [0.25, 0.3) is 0 Å². The molecule has 0 bridgehead atoms. The first-order valence-corrected chi connectivity index (χ1v) is 4.52. The molecular formula is C11H10N2O. The molecule has 0 unspecified atom stereocenters. The molecule has 0 saturated carbocycles. The van der Waals surface area contributed by atoms with Gasteiger partial charge in [0.15, 0.2) is 0 Å². The van der Waals surface area contributed by atoms with E-state index in [1.807, 2.05) is 6.07 Å². The average Bonchev–Trinajstić information content (AvgIpc) is 2.23. The minimum absolute atomic E-state index is 0.118. The quantitative estimate of drug-likeness (QED) is 0.615. The first-order valence-electron chi connectivity index (χ1n) is 4.52. The highest BCUT2D eigenvalue weighted by Gasteiger charge is 2.20. The van der Waals surface area contributed by atoms with Gasteiger partial charge in [-0.2, -0.15) is 5.26 Å². The third-order valence-corrected chi connectivity index (χ3v) is 2.56. The number of amides is 1. The van der Waals surface area contributed by atoms with E-state index in [1.165, 1.54) is 0 Å². The molecule has 3 heteroatoms. The standard InChI is InChI=1S/C11H10N2O/c1-13-10-6-8(7-12)2-3-9(10)4-5-11(13)14/h2-3,6H,4-5H2,1H3. The van der Waals surface area contributed by atoms with Gasteiger partial charge in [-0.1, -0.05) is 6.07 Å². The van der Waals surface area contributed by atoms with E-state index in [2.05, 4.69) is 6.07 Å². The Labute approximate surface area is 82.6 Å². The van der Waals surface area contributed by atoms with E-state index in [4.69, 9.17) is 5.26 Å². The van der Waals surface area contributed by atoms with Gasteiger partial charge in [0.1, 0.15) is 0 Å². The third-order valence-electron chi connectivity index (χ3n) is 2.56. The molecule has 1 amide bonds. The van der Waals surface area contributed by atoms with Crippen LogP contribution in [-0.2, 0) is 11.2 Å². The first kappa shape index (κ1) is 8.76. The van der Waals surface area contributed by atoms with Gasteiger partial charge in [-0.3, -0.25) is 4.79 Å². The SMILES string of the molecule is CN1C(=O)CCc2ccc(C#N)cc21. The predicted molar refractivity (Wildman–Crippen MR) is 52.9 cm³/mol. The summed E-state index contributed by atoms with van der Waals surface area (Å²) in [5.41, 5.74) is 2.62. The van der Waals surface area contributed by atoms with Crippen LogP contribution in [0.15, 0.2) is 18.2 Å². The summed E-state index contributed by atoms with van der Waals surface area (Å²) >= 11 is 0. The second-order valence-electron chi connectivity index (χ2n) is 3.41. The van der Waals surface area contributed by atoms with E-state index in [-0.39, 0.29) is 5.91 Å². The zero-order chi connectivity index (χ0) is 10.1. The Morgan fingerprint density at radius 3 is 2.93 bits per heavy atom. The van der Waals surface area contributed by atoms with E-state index in [1.54, 1.807) is 24.1 Å². The molecule has 0 radical (unpaired) electrons. The van der Waals surface area contributed by atoms with Gasteiger partial charge in [0.05, 0.1) is 11.6 Å². The zero-order valence-corrected chi connectivity index (χ0v) is 7.95. The molecule has 0 spiro atoms. The Bertz CT molecular complexity index is 431. The third kappa shape index (κ3) is 1.25. The summed E-state index contributed by atoms with van der Waals surface area (Å²) < 4.78 is 0. The molecule has 2 rings (SSSR count). The number of hydrogen-bond acceptors (Lipinski definition) is 2. The van der Waals surface area contributed by atoms with E-state index >= 15 is 0 Å². The van der Waals surface area contributed by atoms with Gasteiger partial charge in [-0.05, 0) is 24.1 Å². The van der Waals surface area contributed by atoms with Crippen molar-refractivity contribution in [3.05, 3.63) is 29.3 Å². The van der Waals surface area contributed by atoms with Crippen molar-refractivity contribution in [2.24, 2.45) is 0 Å². The Morgan fingerprint density at radius 2 is 2.21 bits per heavy atom. The van der Waals surface area contributed by atoms with Crippen molar-refractivity contribution in [1.82, 2.24) is 0 Å². The summed E-state index contributed by atoms with van der Waals surface area (Å²) in [5.74, 6) is 0.118. The lowest BCUT2D eigenvalue weighted by Crippen LogP contribution is -2.31. The maximum Gasteiger partial charge on any atom is 0.227 e. The van der Waals surface area contributed by atoms with Gasteiger partial charge in [0.25, 0.3) is 0 Å². The van der Waals surface area contributed by atoms with E-state index in [9.17, 15) is 4.79 Å². The van der Waals surface area contributed by atoms with Gasteiger partial charge in [-0.15, -0.1) is 0 Å². The molecule has 0 aromatic heterocycles. The molecule has 70 valence electrons. The van der Waals surface area contributed by atoms with Crippen molar-refractivity contribution < 1.29 is 4.79 Å². The summed E-state index contributed by atoms with van der Waals surface area (Å²) in [6, 6.07) is 7.57. The lowest BCUT2D eigenvalue weighted by Gasteiger charge is -2.25. The lowest BCUT2D eigenvalue weighted by molar-refractivity contribution is -0.118. The summed E-state index contributed by atoms with van der Waals surface area (Å²) in [6.07, 6.45) is 1.35. The molecular weight excluding hydrogens is 176 g/mol. The highest BCUT2D eigenvalue weighted by Crippen LogP contribution is 2.27. The van der Waals surface area contributed by atoms with Crippen LogP contribution in [-0.4, -0.2) is 13.0 Å². The normalized spacial score (nSPS) is 14.9. The first-order chi connectivity index (χ1) is 6.72. The molecule has 0 fully saturated rings. The van der Waals surface area contributed by atoms with Crippen LogP contribution in [0.3, 0.4) is 0 Å². The van der Waals surface area contributed by atoms with Gasteiger partial charge in [0, 0.05) is 19.2 Å². The van der Waals surface area contributed by atoms with Crippen LogP contribution in [0.1, 0.15) is 17.5 Å². The molecule has 1 aromatic carbocycles. The highest BCUT2D eigenvalue weighted by atomic mass is 16.2. The van der Waals surface area contributed by atoms with Crippen molar-refractivity contribution in [3.8, 4) is 6.07 Å². The van der Waals surface area contributed by atoms with Crippen LogP contribution in [0.2, 0.25) is 0 Å². The summed E-state index contributed by atoms with van der Waals surface area (Å²) in [7, 11) is 1.75. The number of aryl methyl sites for hydroxylation is 1. The Hall–Kier alpha value is -1.82. The lowest BCUT2D eigenvalue weighted by atomic mass is 10.00. The van der Waals surface area contributed by atoms with Crippen molar-refractivity contribution in [2.75, 3.05) is 11.9 Å². The highest BCUT2D eigenvalue weighted by molar-refractivity contribution is 5.96. The van der Waals surface area contributed by atoms with Crippen molar-refractivity contribution in [1.29, 1.82) is 5.26 Å². The smallest absolute Gasteiger partial charge is 0.227 e. The van der Waals surface area contributed by atoms with Gasteiger partial charge in [0.2, 0.25) is 5.91 Å². The average molecular weight is 186 g/mol. The zero-order valence-electron chi connectivity index (χ0n) is 7.95. The van der Waals surface area contributed by atoms with E-state index < -0.39 is 0 Å². The van der Waals surface area contributed by atoms with E-state index in [0.29, 0.717) is 12.0 Å². The number of anilines is 1. The maximum atomic E-state index is 11.4. The van der Waals surface area contributed by atoms with Crippen LogP contribution in [0.5, 0.6) is 0 Å². The second kappa shape index (κ2) is 3.15. The van der Waals surface area contributed by atoms with Gasteiger partial charge < -0.3 is 4.90 Å². The Kier molecular flexibility index (Phi) is 1.97. The van der Waals surface area contributed by atoms with Crippen LogP contribution in [0.4, 0.5) is 5.69 Å². The fraction of sp³-hybridized carbons (Fsp3) is 0.273. The van der Waals surface area contributed by atoms with Crippen molar-refractivity contribution >= 4 is 11.6 Å². The van der Waals surface area contributed by atoms with E-state index in [0.717, 1.165) is 17.7 Å². The second-order valence-corrected chi connectivity index (χ2v) is 3.41. The number of rotatable bonds is 0. The number of nitriles is 1. The molecule has 0 saturated heterocycles. The Morgan fingerprint density at radius 1 is 1.43 bits per heavy atom. The molecule has 0 aliphatic carbocycles. The number of hydrogen-bond donors (Lipinski definition) is 0. The van der Waals surface area contributed by atoms with Crippen molar-refractivity contribution in [3.63, 3.8) is 0 Å². The summed E-state index contributed by atoms with van der Waals surface area (Å²) in [5, 5.41) is 8.74. The van der Waals surface area contributed by atoms with Crippen LogP contribution in [0, 0.1) is 11.3 Å². The molecule has 1 aromatic rings. The number of benzene rings is 1. The molecule has 3 nitrogen and oxygen atoms in total. The number of carbonyl (C=O) groups is 1. The fourth-order valence-corrected chi connectivity index (χ4v) is 1.70. The van der Waals surface area contributed by atoms with Gasteiger partial charge in [-0.25, -0.2) is 0 Å². The molecule has 1 heterocycles. The number of fused-ring (bicyclic) bond motifs is 1. The molecule has 14 heavy (non-hydrogen) atoms. The number of nitrogens with zero attached hydrogens (tertiary/aromatic N) is 2. The van der Waals surface area contributed by atoms with Crippen molar-refractivity contribution in [2.45, 2.75) is 12.8 Å². The molecule has 1 aliphatic rings. The minimum atomic E-state index is 0.118. The molecule has 0 N–H and O–H groups in total. The fourth-order valence-electron chi connectivity index (χ4n) is 1.70. The van der Waals surface area contributed by atoms with Gasteiger partial charge >= 0.3 is 0 Å².